The number of halogens is 1. The van der Waals surface area contributed by atoms with Gasteiger partial charge in [0.1, 0.15) is 7.11 Å². The third-order valence-corrected chi connectivity index (χ3v) is 2.25. The molecule has 96 valence electrons. The van der Waals surface area contributed by atoms with E-state index in [0.717, 1.165) is 0 Å². The molecule has 0 unspecified atom stereocenters. The van der Waals surface area contributed by atoms with E-state index in [-0.39, 0.29) is 5.78 Å². The highest BCUT2D eigenvalue weighted by Crippen LogP contribution is 2.12. The summed E-state index contributed by atoms with van der Waals surface area (Å²) in [6.45, 7) is 0. The zero-order chi connectivity index (χ0) is 13.4. The van der Waals surface area contributed by atoms with Gasteiger partial charge in [0.05, 0.1) is 18.9 Å². The number of nitrogens with zero attached hydrogens (tertiary/aromatic N) is 1. The summed E-state index contributed by atoms with van der Waals surface area (Å²) in [4.78, 5) is 21.3. The van der Waals surface area contributed by atoms with Gasteiger partial charge in [0, 0.05) is 16.8 Å². The molecule has 0 fully saturated rings. The molecule has 0 heterocycles. The van der Waals surface area contributed by atoms with Crippen molar-refractivity contribution in [3.05, 3.63) is 46.6 Å². The molecule has 1 rings (SSSR count). The molecule has 0 saturated heterocycles. The van der Waals surface area contributed by atoms with Crippen LogP contribution >= 0.6 is 11.6 Å². The quantitative estimate of drug-likeness (QED) is 0.372. The predicted molar refractivity (Wildman–Crippen MR) is 69.5 cm³/mol. The van der Waals surface area contributed by atoms with Crippen molar-refractivity contribution in [1.29, 1.82) is 0 Å². The van der Waals surface area contributed by atoms with Crippen molar-refractivity contribution < 1.29 is 14.5 Å². The van der Waals surface area contributed by atoms with E-state index in [9.17, 15) is 4.79 Å². The van der Waals surface area contributed by atoms with E-state index in [4.69, 9.17) is 11.6 Å². The molecule has 0 aromatic heterocycles. The number of rotatable bonds is 6. The summed E-state index contributed by atoms with van der Waals surface area (Å²) in [7, 11) is 2.83. The molecule has 0 amide bonds. The molecule has 5 nitrogen and oxygen atoms in total. The van der Waals surface area contributed by atoms with Crippen LogP contribution in [0.3, 0.4) is 0 Å². The first-order valence-electron chi connectivity index (χ1n) is 5.04. The molecular formula is C12H13ClN2O3. The van der Waals surface area contributed by atoms with Crippen molar-refractivity contribution in [2.24, 2.45) is 5.16 Å². The molecule has 1 N–H and O–H groups in total. The second-order valence-corrected chi connectivity index (χ2v) is 3.61. The second kappa shape index (κ2) is 7.47. The number of carbonyl (C=O) groups excluding carboxylic acids is 1. The van der Waals surface area contributed by atoms with Crippen molar-refractivity contribution in [3.63, 3.8) is 0 Å². The summed E-state index contributed by atoms with van der Waals surface area (Å²) in [5.41, 5.74) is 3.25. The van der Waals surface area contributed by atoms with Crippen molar-refractivity contribution in [3.8, 4) is 0 Å². The Kier molecular flexibility index (Phi) is 5.90. The number of carbonyl (C=O) groups is 1. The third-order valence-electron chi connectivity index (χ3n) is 2.00. The molecule has 18 heavy (non-hydrogen) atoms. The standard InChI is InChI=1S/C12H13ClN2O3/c1-17-14-7-10(8-15-18-2)12(16)9-3-5-11(13)6-4-9/h3-8,14H,1-2H3/b10-7-,15-8-. The zero-order valence-corrected chi connectivity index (χ0v) is 10.8. The maximum atomic E-state index is 12.1. The van der Waals surface area contributed by atoms with Crippen LogP contribution < -0.4 is 5.48 Å². The highest BCUT2D eigenvalue weighted by Gasteiger charge is 2.10. The number of benzene rings is 1. The summed E-state index contributed by atoms with van der Waals surface area (Å²) in [5.74, 6) is -0.225. The Morgan fingerprint density at radius 2 is 2.00 bits per heavy atom. The lowest BCUT2D eigenvalue weighted by molar-refractivity contribution is 0.102. The minimum atomic E-state index is -0.225. The van der Waals surface area contributed by atoms with Crippen LogP contribution in [0, 0.1) is 0 Å². The van der Waals surface area contributed by atoms with Gasteiger partial charge in [-0.15, -0.1) is 0 Å². The number of allylic oxidation sites excluding steroid dienone is 1. The number of nitrogens with one attached hydrogen (secondary N) is 1. The van der Waals surface area contributed by atoms with Gasteiger partial charge in [-0.05, 0) is 24.3 Å². The fourth-order valence-electron chi connectivity index (χ4n) is 1.16. The van der Waals surface area contributed by atoms with Gasteiger partial charge in [-0.1, -0.05) is 16.8 Å². The number of hydrogen-bond acceptors (Lipinski definition) is 5. The van der Waals surface area contributed by atoms with Gasteiger partial charge in [-0.25, -0.2) is 0 Å². The first-order chi connectivity index (χ1) is 8.69. The maximum absolute atomic E-state index is 12.1. The summed E-state index contributed by atoms with van der Waals surface area (Å²) in [5, 5.41) is 4.12. The number of hydroxylamine groups is 1. The topological polar surface area (TPSA) is 59.9 Å². The maximum Gasteiger partial charge on any atom is 0.196 e. The lowest BCUT2D eigenvalue weighted by Crippen LogP contribution is -2.11. The van der Waals surface area contributed by atoms with E-state index >= 15 is 0 Å². The molecule has 0 atom stereocenters. The second-order valence-electron chi connectivity index (χ2n) is 3.17. The molecule has 0 saturated carbocycles. The molecule has 0 radical (unpaired) electrons. The van der Waals surface area contributed by atoms with Gasteiger partial charge >= 0.3 is 0 Å². The predicted octanol–water partition coefficient (Wildman–Crippen LogP) is 2.19. The molecule has 0 spiro atoms. The normalized spacial score (nSPS) is 11.6. The van der Waals surface area contributed by atoms with Crippen LogP contribution in [-0.2, 0) is 9.68 Å². The van der Waals surface area contributed by atoms with Crippen LogP contribution in [0.25, 0.3) is 0 Å². The monoisotopic (exact) mass is 268 g/mol. The lowest BCUT2D eigenvalue weighted by Gasteiger charge is -2.02. The molecular weight excluding hydrogens is 256 g/mol. The van der Waals surface area contributed by atoms with Crippen molar-refractivity contribution >= 4 is 23.6 Å². The van der Waals surface area contributed by atoms with E-state index in [2.05, 4.69) is 20.3 Å². The minimum absolute atomic E-state index is 0.225. The molecule has 1 aromatic rings. The Bertz CT molecular complexity index is 455. The molecule has 0 aliphatic rings. The van der Waals surface area contributed by atoms with Crippen LogP contribution in [0.5, 0.6) is 0 Å². The third kappa shape index (κ3) is 4.20. The Balaban J connectivity index is 2.94. The van der Waals surface area contributed by atoms with E-state index < -0.39 is 0 Å². The molecule has 1 aromatic carbocycles. The summed E-state index contributed by atoms with van der Waals surface area (Å²) >= 11 is 5.76. The van der Waals surface area contributed by atoms with Crippen LogP contribution in [0.1, 0.15) is 10.4 Å². The Morgan fingerprint density at radius 3 is 2.56 bits per heavy atom. The van der Waals surface area contributed by atoms with Crippen LogP contribution in [0.4, 0.5) is 0 Å². The number of hydrogen-bond donors (Lipinski definition) is 1. The van der Waals surface area contributed by atoms with Crippen LogP contribution in [0.15, 0.2) is 41.2 Å². The van der Waals surface area contributed by atoms with Gasteiger partial charge in [-0.2, -0.15) is 0 Å². The molecule has 6 heteroatoms. The number of Topliss-reactive ketones (excluding diaryl/α,β-unsaturated/α-hetero) is 1. The fraction of sp³-hybridized carbons (Fsp3) is 0.167. The minimum Gasteiger partial charge on any atom is -0.399 e. The Labute approximate surface area is 110 Å². The summed E-state index contributed by atoms with van der Waals surface area (Å²) < 4.78 is 0. The Morgan fingerprint density at radius 1 is 1.33 bits per heavy atom. The van der Waals surface area contributed by atoms with Crippen LogP contribution in [0.2, 0.25) is 5.02 Å². The average Bonchev–Trinajstić information content (AvgIpc) is 2.39. The zero-order valence-electron chi connectivity index (χ0n) is 10.0. The first kappa shape index (κ1) is 14.2. The highest BCUT2D eigenvalue weighted by atomic mass is 35.5. The van der Waals surface area contributed by atoms with Crippen molar-refractivity contribution in [2.75, 3.05) is 14.2 Å². The number of ketones is 1. The molecule has 0 bridgehead atoms. The highest BCUT2D eigenvalue weighted by molar-refractivity contribution is 6.30. The van der Waals surface area contributed by atoms with Gasteiger partial charge < -0.3 is 4.84 Å². The number of oxime groups is 1. The van der Waals surface area contributed by atoms with Gasteiger partial charge in [0.25, 0.3) is 0 Å². The fourth-order valence-corrected chi connectivity index (χ4v) is 1.29. The van der Waals surface area contributed by atoms with E-state index in [1.807, 2.05) is 0 Å². The van der Waals surface area contributed by atoms with E-state index in [1.165, 1.54) is 26.6 Å². The van der Waals surface area contributed by atoms with Crippen molar-refractivity contribution in [1.82, 2.24) is 5.48 Å². The lowest BCUT2D eigenvalue weighted by atomic mass is 10.1. The molecule has 0 aliphatic carbocycles. The van der Waals surface area contributed by atoms with E-state index in [1.54, 1.807) is 24.3 Å². The van der Waals surface area contributed by atoms with Gasteiger partial charge in [0.2, 0.25) is 0 Å². The summed E-state index contributed by atoms with van der Waals surface area (Å²) in [6.07, 6.45) is 2.68. The SMILES string of the molecule is CO/N=C\C(=C\NOC)C(=O)c1ccc(Cl)cc1. The van der Waals surface area contributed by atoms with Gasteiger partial charge in [-0.3, -0.25) is 15.1 Å². The van der Waals surface area contributed by atoms with Crippen molar-refractivity contribution in [2.45, 2.75) is 0 Å². The molecule has 0 aliphatic heterocycles. The van der Waals surface area contributed by atoms with E-state index in [0.29, 0.717) is 16.2 Å². The van der Waals surface area contributed by atoms with Gasteiger partial charge in [0.15, 0.2) is 5.78 Å². The average molecular weight is 269 g/mol. The smallest absolute Gasteiger partial charge is 0.196 e. The summed E-state index contributed by atoms with van der Waals surface area (Å²) in [6, 6.07) is 6.55. The van der Waals surface area contributed by atoms with Crippen LogP contribution in [-0.4, -0.2) is 26.2 Å². The Hall–Kier alpha value is -1.85. The largest absolute Gasteiger partial charge is 0.399 e. The first-order valence-corrected chi connectivity index (χ1v) is 5.42.